The molecule has 4 nitrogen and oxygen atoms in total. The summed E-state index contributed by atoms with van der Waals surface area (Å²) in [5.41, 5.74) is 1.12. The first-order valence-corrected chi connectivity index (χ1v) is 6.47. The Morgan fingerprint density at radius 2 is 1.52 bits per heavy atom. The summed E-state index contributed by atoms with van der Waals surface area (Å²) < 4.78 is 1.44. The second-order valence-electron chi connectivity index (χ2n) is 4.81. The van der Waals surface area contributed by atoms with Crippen molar-refractivity contribution in [3.05, 3.63) is 58.8 Å². The molecule has 0 spiro atoms. The molecule has 0 bridgehead atoms. The van der Waals surface area contributed by atoms with Gasteiger partial charge in [0.2, 0.25) is 0 Å². The number of hydrogen-bond acceptors (Lipinski definition) is 3. The predicted octanol–water partition coefficient (Wildman–Crippen LogP) is 4.94. The summed E-state index contributed by atoms with van der Waals surface area (Å²) in [6, 6.07) is 9.29. The van der Waals surface area contributed by atoms with Gasteiger partial charge in [-0.25, -0.2) is 4.68 Å². The molecule has 0 amide bonds. The molecule has 23 heavy (non-hydrogen) atoms. The van der Waals surface area contributed by atoms with Gasteiger partial charge in [0.05, 0.1) is 6.04 Å². The van der Waals surface area contributed by atoms with Gasteiger partial charge in [-0.1, -0.05) is 42.2 Å². The number of hydrogen-bond donors (Lipinski definition) is 0. The maximum absolute atomic E-state index is 11.0. The van der Waals surface area contributed by atoms with Gasteiger partial charge in [0.1, 0.15) is 0 Å². The minimum atomic E-state index is -0.0440. The molecule has 0 N–H and O–H groups in total. The minimum absolute atomic E-state index is 0. The molecule has 0 aromatic carbocycles. The summed E-state index contributed by atoms with van der Waals surface area (Å²) in [5, 5.41) is 3.88. The van der Waals surface area contributed by atoms with Crippen LogP contribution in [0.25, 0.3) is 0 Å². The normalized spacial score (nSPS) is 8.43. The Bertz CT molecular complexity index is 539. The van der Waals surface area contributed by atoms with Gasteiger partial charge in [0.25, 0.3) is 5.56 Å². The van der Waals surface area contributed by atoms with Crippen molar-refractivity contribution in [2.75, 3.05) is 0 Å². The van der Waals surface area contributed by atoms with Crippen LogP contribution in [-0.4, -0.2) is 14.8 Å². The Morgan fingerprint density at radius 3 is 1.83 bits per heavy atom. The van der Waals surface area contributed by atoms with Crippen molar-refractivity contribution in [2.45, 2.75) is 61.9 Å². The van der Waals surface area contributed by atoms with Gasteiger partial charge in [-0.2, -0.15) is 5.10 Å². The molecule has 0 saturated heterocycles. The van der Waals surface area contributed by atoms with Crippen LogP contribution in [0.2, 0.25) is 0 Å². The second-order valence-corrected chi connectivity index (χ2v) is 4.81. The minimum Gasteiger partial charge on any atom is -0.268 e. The van der Waals surface area contributed by atoms with Crippen LogP contribution in [0.4, 0.5) is 0 Å². The van der Waals surface area contributed by atoms with Gasteiger partial charge in [-0.3, -0.25) is 9.78 Å². The van der Waals surface area contributed by atoms with E-state index in [1.807, 2.05) is 38.2 Å². The molecule has 0 aliphatic rings. The van der Waals surface area contributed by atoms with E-state index in [0.29, 0.717) is 5.92 Å². The summed E-state index contributed by atoms with van der Waals surface area (Å²) >= 11 is 0. The average Bonchev–Trinajstić information content (AvgIpc) is 2.40. The molecule has 0 aliphatic carbocycles. The van der Waals surface area contributed by atoms with E-state index in [1.165, 1.54) is 10.7 Å². The Labute approximate surface area is 167 Å². The zero-order valence-corrected chi connectivity index (χ0v) is 15.4. The summed E-state index contributed by atoms with van der Waals surface area (Å²) in [4.78, 5) is 15.1. The van der Waals surface area contributed by atoms with Gasteiger partial charge < -0.3 is 0 Å². The van der Waals surface area contributed by atoms with E-state index >= 15 is 0 Å². The van der Waals surface area contributed by atoms with Gasteiger partial charge in [-0.15, -0.1) is 0 Å². The third kappa shape index (κ3) is 11.3. The summed E-state index contributed by atoms with van der Waals surface area (Å²) in [6.07, 6.45) is 3.44. The molecule has 129 valence electrons. The molecule has 0 fully saturated rings. The smallest absolute Gasteiger partial charge is 0.266 e. The third-order valence-electron chi connectivity index (χ3n) is 2.51. The summed E-state index contributed by atoms with van der Waals surface area (Å²) in [5.74, 6) is 0.547. The van der Waals surface area contributed by atoms with Gasteiger partial charge in [0.15, 0.2) is 0 Å². The van der Waals surface area contributed by atoms with Crippen LogP contribution in [0.1, 0.15) is 67.6 Å². The molecule has 2 aromatic heterocycles. The van der Waals surface area contributed by atoms with Crippen molar-refractivity contribution in [3.8, 4) is 0 Å². The number of pyridine rings is 1. The predicted molar refractivity (Wildman–Crippen MR) is 97.4 cm³/mol. The van der Waals surface area contributed by atoms with Crippen molar-refractivity contribution in [2.24, 2.45) is 0 Å². The quantitative estimate of drug-likeness (QED) is 0.723. The molecule has 1 radical (unpaired) electrons. The Balaban J connectivity index is -0.000000134. The zero-order chi connectivity index (χ0) is 14.3. The van der Waals surface area contributed by atoms with E-state index in [-0.39, 0.29) is 66.6 Å². The standard InChI is InChI=1S/C8H11N.C7H10N2O.3CH4.Y/c1-7(2)8-5-3-4-6-9-8;1-6(2)9-7(10)4-3-5-8-9;;;;/h3-7H,1-2H3;3-6H,1-2H3;3*1H4;. The number of rotatable bonds is 2. The average molecular weight is 396 g/mol. The maximum atomic E-state index is 11.0. The van der Waals surface area contributed by atoms with Crippen molar-refractivity contribution in [3.63, 3.8) is 0 Å². The molecule has 0 saturated carbocycles. The molecule has 0 unspecified atom stereocenters. The Morgan fingerprint density at radius 1 is 0.913 bits per heavy atom. The van der Waals surface area contributed by atoms with E-state index < -0.39 is 0 Å². The topological polar surface area (TPSA) is 47.8 Å². The molecule has 2 aromatic rings. The first kappa shape index (κ1) is 30.1. The van der Waals surface area contributed by atoms with E-state index in [1.54, 1.807) is 12.3 Å². The van der Waals surface area contributed by atoms with Crippen LogP contribution in [0.3, 0.4) is 0 Å². The molecule has 2 heterocycles. The van der Waals surface area contributed by atoms with Gasteiger partial charge in [-0.05, 0) is 38.0 Å². The van der Waals surface area contributed by atoms with E-state index in [4.69, 9.17) is 0 Å². The Hall–Kier alpha value is -0.866. The number of aromatic nitrogens is 3. The molecule has 0 atom stereocenters. The monoisotopic (exact) mass is 396 g/mol. The summed E-state index contributed by atoms with van der Waals surface area (Å²) in [7, 11) is 0. The first-order chi connectivity index (χ1) is 9.02. The fourth-order valence-electron chi connectivity index (χ4n) is 1.47. The van der Waals surface area contributed by atoms with Crippen LogP contribution in [0.15, 0.2) is 47.5 Å². The maximum Gasteiger partial charge on any atom is 0.266 e. The van der Waals surface area contributed by atoms with Gasteiger partial charge in [0, 0.05) is 56.9 Å². The van der Waals surface area contributed by atoms with Crippen molar-refractivity contribution >= 4 is 0 Å². The van der Waals surface area contributed by atoms with Crippen LogP contribution in [-0.2, 0) is 32.7 Å². The van der Waals surface area contributed by atoms with Crippen LogP contribution in [0, 0.1) is 0 Å². The number of nitrogens with zero attached hydrogens (tertiary/aromatic N) is 3. The summed E-state index contributed by atoms with van der Waals surface area (Å²) in [6.45, 7) is 8.13. The fourth-order valence-corrected chi connectivity index (χ4v) is 1.47. The SMILES string of the molecule is C.C.C.CC(C)c1ccccn1.CC(C)n1ncccc1=O.[Y]. The molecular weight excluding hydrogens is 363 g/mol. The van der Waals surface area contributed by atoms with Crippen LogP contribution >= 0.6 is 0 Å². The zero-order valence-electron chi connectivity index (χ0n) is 12.5. The molecule has 0 aliphatic heterocycles. The van der Waals surface area contributed by atoms with Crippen molar-refractivity contribution < 1.29 is 32.7 Å². The molecule has 5 heteroatoms. The molecular formula is C18H33N3OY. The van der Waals surface area contributed by atoms with Crippen molar-refractivity contribution in [1.82, 2.24) is 14.8 Å². The first-order valence-electron chi connectivity index (χ1n) is 6.47. The van der Waals surface area contributed by atoms with E-state index in [2.05, 4.69) is 23.9 Å². The van der Waals surface area contributed by atoms with Crippen molar-refractivity contribution in [1.29, 1.82) is 0 Å². The largest absolute Gasteiger partial charge is 0.268 e. The fraction of sp³-hybridized carbons (Fsp3) is 0.500. The van der Waals surface area contributed by atoms with Crippen LogP contribution < -0.4 is 5.56 Å². The van der Waals surface area contributed by atoms with Gasteiger partial charge >= 0.3 is 0 Å². The van der Waals surface area contributed by atoms with Crippen LogP contribution in [0.5, 0.6) is 0 Å². The Kier molecular flexibility index (Phi) is 20.9. The van der Waals surface area contributed by atoms with E-state index in [9.17, 15) is 4.79 Å². The second kappa shape index (κ2) is 16.0. The molecule has 2 rings (SSSR count). The van der Waals surface area contributed by atoms with E-state index in [0.717, 1.165) is 5.69 Å². The third-order valence-corrected chi connectivity index (χ3v) is 2.51.